The highest BCUT2D eigenvalue weighted by Gasteiger charge is 2.07. The standard InChI is InChI=1S/C15H16BrFN2/c1-2-19(15-5-3-14(18)4-6-15)10-11-7-12(16)9-13(17)8-11/h3-9H,2,10,18H2,1H3. The molecule has 0 bridgehead atoms. The van der Waals surface area contributed by atoms with Crippen LogP contribution in [-0.4, -0.2) is 6.54 Å². The Morgan fingerprint density at radius 3 is 2.42 bits per heavy atom. The third-order valence-corrected chi connectivity index (χ3v) is 3.39. The minimum Gasteiger partial charge on any atom is -0.399 e. The van der Waals surface area contributed by atoms with Crippen molar-refractivity contribution in [3.05, 3.63) is 58.3 Å². The third-order valence-electron chi connectivity index (χ3n) is 2.94. The van der Waals surface area contributed by atoms with Crippen LogP contribution in [0.4, 0.5) is 15.8 Å². The van der Waals surface area contributed by atoms with Gasteiger partial charge in [-0.05, 0) is 55.0 Å². The van der Waals surface area contributed by atoms with Gasteiger partial charge in [0.2, 0.25) is 0 Å². The molecule has 0 saturated carbocycles. The van der Waals surface area contributed by atoms with Crippen LogP contribution in [0.2, 0.25) is 0 Å². The van der Waals surface area contributed by atoms with Crippen molar-refractivity contribution in [3.63, 3.8) is 0 Å². The molecule has 2 aromatic rings. The van der Waals surface area contributed by atoms with Gasteiger partial charge in [0, 0.05) is 28.9 Å². The second-order valence-electron chi connectivity index (χ2n) is 4.38. The van der Waals surface area contributed by atoms with E-state index in [9.17, 15) is 4.39 Å². The zero-order chi connectivity index (χ0) is 13.8. The molecule has 2 nitrogen and oxygen atoms in total. The Morgan fingerprint density at radius 2 is 1.84 bits per heavy atom. The molecule has 2 rings (SSSR count). The number of nitrogens with zero attached hydrogens (tertiary/aromatic N) is 1. The normalized spacial score (nSPS) is 10.5. The highest BCUT2D eigenvalue weighted by atomic mass is 79.9. The monoisotopic (exact) mass is 322 g/mol. The van der Waals surface area contributed by atoms with Gasteiger partial charge in [-0.2, -0.15) is 0 Å². The first kappa shape index (κ1) is 13.9. The predicted molar refractivity (Wildman–Crippen MR) is 81.7 cm³/mol. The van der Waals surface area contributed by atoms with Crippen molar-refractivity contribution in [2.45, 2.75) is 13.5 Å². The van der Waals surface area contributed by atoms with Crippen LogP contribution in [0.15, 0.2) is 46.9 Å². The molecule has 2 N–H and O–H groups in total. The summed E-state index contributed by atoms with van der Waals surface area (Å²) in [6.45, 7) is 3.58. The van der Waals surface area contributed by atoms with Crippen molar-refractivity contribution in [3.8, 4) is 0 Å². The Morgan fingerprint density at radius 1 is 1.16 bits per heavy atom. The highest BCUT2D eigenvalue weighted by Crippen LogP contribution is 2.21. The van der Waals surface area contributed by atoms with Crippen LogP contribution in [0.3, 0.4) is 0 Å². The van der Waals surface area contributed by atoms with Crippen LogP contribution >= 0.6 is 15.9 Å². The minimum atomic E-state index is -0.224. The number of anilines is 2. The van der Waals surface area contributed by atoms with E-state index >= 15 is 0 Å². The molecule has 0 aliphatic carbocycles. The van der Waals surface area contributed by atoms with Gasteiger partial charge in [-0.1, -0.05) is 15.9 Å². The van der Waals surface area contributed by atoms with E-state index in [1.54, 1.807) is 6.07 Å². The smallest absolute Gasteiger partial charge is 0.124 e. The number of halogens is 2. The van der Waals surface area contributed by atoms with E-state index in [-0.39, 0.29) is 5.82 Å². The zero-order valence-electron chi connectivity index (χ0n) is 10.7. The number of hydrogen-bond donors (Lipinski definition) is 1. The molecule has 0 aliphatic rings. The molecular weight excluding hydrogens is 307 g/mol. The lowest BCUT2D eigenvalue weighted by Gasteiger charge is -2.23. The molecular formula is C15H16BrFN2. The van der Waals surface area contributed by atoms with E-state index in [1.807, 2.05) is 30.3 Å². The molecule has 19 heavy (non-hydrogen) atoms. The second kappa shape index (κ2) is 6.06. The quantitative estimate of drug-likeness (QED) is 0.855. The Labute approximate surface area is 121 Å². The van der Waals surface area contributed by atoms with Gasteiger partial charge >= 0.3 is 0 Å². The summed E-state index contributed by atoms with van der Waals surface area (Å²) in [4.78, 5) is 2.17. The van der Waals surface area contributed by atoms with Crippen LogP contribution in [0.5, 0.6) is 0 Å². The van der Waals surface area contributed by atoms with Gasteiger partial charge in [0.05, 0.1) is 0 Å². The van der Waals surface area contributed by atoms with Crippen molar-refractivity contribution < 1.29 is 4.39 Å². The number of nitrogen functional groups attached to an aromatic ring is 1. The van der Waals surface area contributed by atoms with Crippen molar-refractivity contribution in [1.82, 2.24) is 0 Å². The Kier molecular flexibility index (Phi) is 4.43. The van der Waals surface area contributed by atoms with E-state index in [4.69, 9.17) is 5.73 Å². The maximum atomic E-state index is 13.4. The van der Waals surface area contributed by atoms with E-state index < -0.39 is 0 Å². The Hall–Kier alpha value is -1.55. The predicted octanol–water partition coefficient (Wildman–Crippen LogP) is 4.20. The minimum absolute atomic E-state index is 0.224. The molecule has 0 radical (unpaired) electrons. The van der Waals surface area contributed by atoms with Crippen molar-refractivity contribution >= 4 is 27.3 Å². The summed E-state index contributed by atoms with van der Waals surface area (Å²) in [5.74, 6) is -0.224. The first-order valence-corrected chi connectivity index (χ1v) is 6.93. The van der Waals surface area contributed by atoms with Crippen molar-refractivity contribution in [2.24, 2.45) is 0 Å². The van der Waals surface area contributed by atoms with Crippen molar-refractivity contribution in [2.75, 3.05) is 17.2 Å². The van der Waals surface area contributed by atoms with E-state index in [2.05, 4.69) is 27.8 Å². The lowest BCUT2D eigenvalue weighted by atomic mass is 10.2. The molecule has 0 aromatic heterocycles. The van der Waals surface area contributed by atoms with Crippen LogP contribution in [0.25, 0.3) is 0 Å². The summed E-state index contributed by atoms with van der Waals surface area (Å²) >= 11 is 3.32. The largest absolute Gasteiger partial charge is 0.399 e. The average Bonchev–Trinajstić information content (AvgIpc) is 2.36. The molecule has 0 heterocycles. The second-order valence-corrected chi connectivity index (χ2v) is 5.30. The van der Waals surface area contributed by atoms with Gasteiger partial charge in [0.25, 0.3) is 0 Å². The molecule has 0 aliphatic heterocycles. The van der Waals surface area contributed by atoms with E-state index in [0.29, 0.717) is 6.54 Å². The van der Waals surface area contributed by atoms with Gasteiger partial charge in [-0.3, -0.25) is 0 Å². The molecule has 2 aromatic carbocycles. The summed E-state index contributed by atoms with van der Waals surface area (Å²) in [5, 5.41) is 0. The fourth-order valence-corrected chi connectivity index (χ4v) is 2.51. The maximum absolute atomic E-state index is 13.4. The number of rotatable bonds is 4. The molecule has 0 atom stereocenters. The Bertz CT molecular complexity index is 534. The topological polar surface area (TPSA) is 29.3 Å². The SMILES string of the molecule is CCN(Cc1cc(F)cc(Br)c1)c1ccc(N)cc1. The zero-order valence-corrected chi connectivity index (χ0v) is 12.3. The molecule has 0 unspecified atom stereocenters. The van der Waals surface area contributed by atoms with Gasteiger partial charge < -0.3 is 10.6 Å². The lowest BCUT2D eigenvalue weighted by molar-refractivity contribution is 0.623. The lowest BCUT2D eigenvalue weighted by Crippen LogP contribution is -2.22. The highest BCUT2D eigenvalue weighted by molar-refractivity contribution is 9.10. The van der Waals surface area contributed by atoms with Crippen LogP contribution in [0, 0.1) is 5.82 Å². The first-order valence-electron chi connectivity index (χ1n) is 6.14. The van der Waals surface area contributed by atoms with Crippen LogP contribution in [-0.2, 0) is 6.54 Å². The third kappa shape index (κ3) is 3.70. The summed E-state index contributed by atoms with van der Waals surface area (Å²) in [6, 6.07) is 12.7. The van der Waals surface area contributed by atoms with Gasteiger partial charge in [-0.25, -0.2) is 4.39 Å². The summed E-state index contributed by atoms with van der Waals surface area (Å²) in [7, 11) is 0. The fraction of sp³-hybridized carbons (Fsp3) is 0.200. The van der Waals surface area contributed by atoms with Gasteiger partial charge in [0.15, 0.2) is 0 Å². The van der Waals surface area contributed by atoms with Crippen molar-refractivity contribution in [1.29, 1.82) is 0 Å². The number of nitrogens with two attached hydrogens (primary N) is 1. The summed E-state index contributed by atoms with van der Waals surface area (Å²) in [5.41, 5.74) is 8.45. The fourth-order valence-electron chi connectivity index (χ4n) is 1.99. The molecule has 100 valence electrons. The molecule has 0 saturated heterocycles. The van der Waals surface area contributed by atoms with Crippen LogP contribution in [0.1, 0.15) is 12.5 Å². The number of benzene rings is 2. The Balaban J connectivity index is 2.21. The van der Waals surface area contributed by atoms with E-state index in [0.717, 1.165) is 28.0 Å². The average molecular weight is 323 g/mol. The number of hydrogen-bond acceptors (Lipinski definition) is 2. The maximum Gasteiger partial charge on any atom is 0.124 e. The van der Waals surface area contributed by atoms with Gasteiger partial charge in [-0.15, -0.1) is 0 Å². The van der Waals surface area contributed by atoms with Gasteiger partial charge in [0.1, 0.15) is 5.82 Å². The van der Waals surface area contributed by atoms with E-state index in [1.165, 1.54) is 6.07 Å². The molecule has 0 spiro atoms. The summed E-state index contributed by atoms with van der Waals surface area (Å²) in [6.07, 6.45) is 0. The molecule has 0 fully saturated rings. The molecule has 4 heteroatoms. The van der Waals surface area contributed by atoms with Crippen LogP contribution < -0.4 is 10.6 Å². The first-order chi connectivity index (χ1) is 9.08. The molecule has 0 amide bonds. The summed E-state index contributed by atoms with van der Waals surface area (Å²) < 4.78 is 14.1.